The lowest BCUT2D eigenvalue weighted by Crippen LogP contribution is -2.42. The Bertz CT molecular complexity index is 413. The highest BCUT2D eigenvalue weighted by atomic mass is 16.5. The minimum atomic E-state index is 0.116. The van der Waals surface area contributed by atoms with Crippen LogP contribution in [0.3, 0.4) is 0 Å². The van der Waals surface area contributed by atoms with Crippen molar-refractivity contribution in [1.29, 1.82) is 0 Å². The summed E-state index contributed by atoms with van der Waals surface area (Å²) >= 11 is 0. The number of methoxy groups -OCH3 is 1. The molecule has 0 aliphatic rings. The van der Waals surface area contributed by atoms with Gasteiger partial charge in [-0.2, -0.15) is 0 Å². The first-order chi connectivity index (χ1) is 10.1. The normalized spacial score (nSPS) is 12.2. The molecule has 0 spiro atoms. The number of hydrogen-bond acceptors (Lipinski definition) is 3. The highest BCUT2D eigenvalue weighted by Gasteiger charge is 2.11. The van der Waals surface area contributed by atoms with Gasteiger partial charge in [-0.15, -0.1) is 0 Å². The Kier molecular flexibility index (Phi) is 7.83. The fourth-order valence-corrected chi connectivity index (χ4v) is 2.38. The summed E-state index contributed by atoms with van der Waals surface area (Å²) in [5.74, 6) is 0.959. The molecular weight excluding hydrogens is 264 g/mol. The van der Waals surface area contributed by atoms with E-state index in [0.717, 1.165) is 30.8 Å². The Morgan fingerprint density at radius 1 is 1.24 bits per heavy atom. The molecule has 4 nitrogen and oxygen atoms in total. The van der Waals surface area contributed by atoms with Crippen LogP contribution in [0.1, 0.15) is 32.8 Å². The van der Waals surface area contributed by atoms with Gasteiger partial charge >= 0.3 is 0 Å². The van der Waals surface area contributed by atoms with Gasteiger partial charge in [0.25, 0.3) is 0 Å². The number of likely N-dealkylation sites (N-methyl/N-ethyl adjacent to an activating group) is 1. The second-order valence-corrected chi connectivity index (χ2v) is 5.22. The minimum absolute atomic E-state index is 0.116. The minimum Gasteiger partial charge on any atom is -0.497 e. The van der Waals surface area contributed by atoms with Crippen LogP contribution in [0.5, 0.6) is 5.75 Å². The van der Waals surface area contributed by atoms with Crippen LogP contribution in [0, 0.1) is 0 Å². The quantitative estimate of drug-likeness (QED) is 0.760. The van der Waals surface area contributed by atoms with Crippen LogP contribution in [0.15, 0.2) is 24.3 Å². The van der Waals surface area contributed by atoms with Crippen molar-refractivity contribution in [2.75, 3.05) is 26.7 Å². The molecule has 0 aliphatic carbocycles. The van der Waals surface area contributed by atoms with Crippen LogP contribution >= 0.6 is 0 Å². The molecule has 0 aliphatic heterocycles. The van der Waals surface area contributed by atoms with E-state index in [4.69, 9.17) is 4.74 Å². The third kappa shape index (κ3) is 6.17. The maximum Gasteiger partial charge on any atom is 0.220 e. The van der Waals surface area contributed by atoms with Crippen LogP contribution < -0.4 is 10.1 Å². The van der Waals surface area contributed by atoms with Crippen molar-refractivity contribution < 1.29 is 9.53 Å². The van der Waals surface area contributed by atoms with Gasteiger partial charge in [-0.05, 0) is 44.1 Å². The third-order valence-electron chi connectivity index (χ3n) is 3.83. The SMILES string of the molecule is CCN(CC)C(C)CNC(=O)CCc1ccc(OC)cc1. The van der Waals surface area contributed by atoms with E-state index in [1.54, 1.807) is 7.11 Å². The van der Waals surface area contributed by atoms with Crippen molar-refractivity contribution in [3.63, 3.8) is 0 Å². The Balaban J connectivity index is 2.30. The Morgan fingerprint density at radius 2 is 1.86 bits per heavy atom. The van der Waals surface area contributed by atoms with Crippen LogP contribution in [-0.4, -0.2) is 43.6 Å². The van der Waals surface area contributed by atoms with Crippen molar-refractivity contribution in [3.05, 3.63) is 29.8 Å². The predicted molar refractivity (Wildman–Crippen MR) is 86.7 cm³/mol. The summed E-state index contributed by atoms with van der Waals surface area (Å²) in [7, 11) is 1.65. The Labute approximate surface area is 128 Å². The van der Waals surface area contributed by atoms with Crippen molar-refractivity contribution >= 4 is 5.91 Å². The number of amides is 1. The number of nitrogens with one attached hydrogen (secondary N) is 1. The number of ether oxygens (including phenoxy) is 1. The Morgan fingerprint density at radius 3 is 2.38 bits per heavy atom. The molecule has 0 radical (unpaired) electrons. The third-order valence-corrected chi connectivity index (χ3v) is 3.83. The van der Waals surface area contributed by atoms with Crippen molar-refractivity contribution in [3.8, 4) is 5.75 Å². The highest BCUT2D eigenvalue weighted by molar-refractivity contribution is 5.76. The van der Waals surface area contributed by atoms with E-state index < -0.39 is 0 Å². The molecule has 0 saturated heterocycles. The summed E-state index contributed by atoms with van der Waals surface area (Å²) in [6, 6.07) is 8.24. The lowest BCUT2D eigenvalue weighted by atomic mass is 10.1. The first-order valence-electron chi connectivity index (χ1n) is 7.74. The second kappa shape index (κ2) is 9.40. The summed E-state index contributed by atoms with van der Waals surface area (Å²) in [6.45, 7) is 9.18. The monoisotopic (exact) mass is 292 g/mol. The molecule has 21 heavy (non-hydrogen) atoms. The molecule has 1 amide bonds. The molecule has 1 atom stereocenters. The van der Waals surface area contributed by atoms with Crippen LogP contribution in [-0.2, 0) is 11.2 Å². The van der Waals surface area contributed by atoms with Crippen molar-refractivity contribution in [2.24, 2.45) is 0 Å². The summed E-state index contributed by atoms with van der Waals surface area (Å²) < 4.78 is 5.12. The number of rotatable bonds is 9. The average molecular weight is 292 g/mol. The topological polar surface area (TPSA) is 41.6 Å². The number of benzene rings is 1. The number of carbonyl (C=O) groups is 1. The van der Waals surface area contributed by atoms with E-state index in [-0.39, 0.29) is 5.91 Å². The standard InChI is InChI=1S/C17H28N2O2/c1-5-19(6-2)14(3)13-18-17(20)12-9-15-7-10-16(21-4)11-8-15/h7-8,10-11,14H,5-6,9,12-13H2,1-4H3,(H,18,20). The number of nitrogens with zero attached hydrogens (tertiary/aromatic N) is 1. The van der Waals surface area contributed by atoms with E-state index in [2.05, 4.69) is 31.0 Å². The van der Waals surface area contributed by atoms with Gasteiger partial charge in [-0.25, -0.2) is 0 Å². The largest absolute Gasteiger partial charge is 0.497 e. The summed E-state index contributed by atoms with van der Waals surface area (Å²) in [5, 5.41) is 3.02. The predicted octanol–water partition coefficient (Wildman–Crippen LogP) is 2.47. The first kappa shape index (κ1) is 17.5. The van der Waals surface area contributed by atoms with E-state index in [1.165, 1.54) is 0 Å². The summed E-state index contributed by atoms with van der Waals surface area (Å²) in [6.07, 6.45) is 1.28. The first-order valence-corrected chi connectivity index (χ1v) is 7.74. The van der Waals surface area contributed by atoms with Crippen LogP contribution in [0.2, 0.25) is 0 Å². The van der Waals surface area contributed by atoms with Gasteiger partial charge in [-0.1, -0.05) is 26.0 Å². The van der Waals surface area contributed by atoms with Gasteiger partial charge in [0, 0.05) is 19.0 Å². The number of hydrogen-bond donors (Lipinski definition) is 1. The molecule has 0 aromatic heterocycles. The van der Waals surface area contributed by atoms with Crippen LogP contribution in [0.25, 0.3) is 0 Å². The molecule has 4 heteroatoms. The van der Waals surface area contributed by atoms with E-state index in [0.29, 0.717) is 19.0 Å². The number of carbonyl (C=O) groups excluding carboxylic acids is 1. The molecule has 0 fully saturated rings. The molecule has 1 aromatic rings. The zero-order valence-corrected chi connectivity index (χ0v) is 13.7. The fourth-order valence-electron chi connectivity index (χ4n) is 2.38. The molecular formula is C17H28N2O2. The highest BCUT2D eigenvalue weighted by Crippen LogP contribution is 2.12. The van der Waals surface area contributed by atoms with Gasteiger partial charge in [0.1, 0.15) is 5.75 Å². The van der Waals surface area contributed by atoms with Gasteiger partial charge in [0.05, 0.1) is 7.11 Å². The second-order valence-electron chi connectivity index (χ2n) is 5.22. The zero-order valence-electron chi connectivity index (χ0n) is 13.7. The molecule has 0 heterocycles. The molecule has 118 valence electrons. The smallest absolute Gasteiger partial charge is 0.220 e. The average Bonchev–Trinajstić information content (AvgIpc) is 2.52. The van der Waals surface area contributed by atoms with Crippen molar-refractivity contribution in [1.82, 2.24) is 10.2 Å². The van der Waals surface area contributed by atoms with E-state index >= 15 is 0 Å². The Hall–Kier alpha value is -1.55. The van der Waals surface area contributed by atoms with E-state index in [9.17, 15) is 4.79 Å². The lowest BCUT2D eigenvalue weighted by Gasteiger charge is -2.26. The number of aryl methyl sites for hydroxylation is 1. The molecule has 1 unspecified atom stereocenters. The zero-order chi connectivity index (χ0) is 15.7. The fraction of sp³-hybridized carbons (Fsp3) is 0.588. The summed E-state index contributed by atoms with van der Waals surface area (Å²) in [4.78, 5) is 14.2. The molecule has 1 aromatic carbocycles. The molecule has 0 bridgehead atoms. The van der Waals surface area contributed by atoms with Crippen molar-refractivity contribution in [2.45, 2.75) is 39.7 Å². The molecule has 0 saturated carbocycles. The van der Waals surface area contributed by atoms with Gasteiger partial charge in [0.15, 0.2) is 0 Å². The maximum atomic E-state index is 11.9. The van der Waals surface area contributed by atoms with E-state index in [1.807, 2.05) is 24.3 Å². The van der Waals surface area contributed by atoms with Gasteiger partial charge < -0.3 is 10.1 Å². The maximum absolute atomic E-state index is 11.9. The summed E-state index contributed by atoms with van der Waals surface area (Å²) in [5.41, 5.74) is 1.16. The van der Waals surface area contributed by atoms with Gasteiger partial charge in [0.2, 0.25) is 5.91 Å². The molecule has 1 rings (SSSR count). The van der Waals surface area contributed by atoms with Crippen LogP contribution in [0.4, 0.5) is 0 Å². The molecule has 1 N–H and O–H groups in total. The van der Waals surface area contributed by atoms with Gasteiger partial charge in [-0.3, -0.25) is 9.69 Å². The lowest BCUT2D eigenvalue weighted by molar-refractivity contribution is -0.121.